The Balaban J connectivity index is 1.65. The number of ketones is 1. The number of benzene rings is 2. The fourth-order valence-corrected chi connectivity index (χ4v) is 5.37. The van der Waals surface area contributed by atoms with Crippen molar-refractivity contribution in [2.45, 2.75) is 66.1 Å². The molecule has 262 valence electrons. The lowest BCUT2D eigenvalue weighted by atomic mass is 9.90. The van der Waals surface area contributed by atoms with Gasteiger partial charge in [-0.05, 0) is 43.4 Å². The average Bonchev–Trinajstić information content (AvgIpc) is 3.05. The highest BCUT2D eigenvalue weighted by atomic mass is 16.2. The highest BCUT2D eigenvalue weighted by Crippen LogP contribution is 2.40. The van der Waals surface area contributed by atoms with Crippen molar-refractivity contribution in [1.82, 2.24) is 26.3 Å². The van der Waals surface area contributed by atoms with E-state index in [1.165, 1.54) is 6.92 Å². The topological polar surface area (TPSA) is 183 Å². The van der Waals surface area contributed by atoms with Gasteiger partial charge in [0.2, 0.25) is 23.6 Å². The van der Waals surface area contributed by atoms with Crippen LogP contribution in [0, 0.1) is 5.92 Å². The van der Waals surface area contributed by atoms with Crippen LogP contribution in [0.4, 0.5) is 5.69 Å². The second kappa shape index (κ2) is 17.7. The Morgan fingerprint density at radius 2 is 1.51 bits per heavy atom. The van der Waals surface area contributed by atoms with E-state index >= 15 is 0 Å². The van der Waals surface area contributed by atoms with Crippen LogP contribution in [0.2, 0.25) is 0 Å². The van der Waals surface area contributed by atoms with Crippen molar-refractivity contribution < 1.29 is 28.8 Å². The van der Waals surface area contributed by atoms with E-state index in [0.29, 0.717) is 5.69 Å². The number of para-hydroxylation sites is 1. The Kier molecular flexibility index (Phi) is 13.8. The molecule has 2 aromatic carbocycles. The third-order valence-corrected chi connectivity index (χ3v) is 8.01. The van der Waals surface area contributed by atoms with Gasteiger partial charge in [-0.25, -0.2) is 5.84 Å². The maximum Gasteiger partial charge on any atom is 0.251 e. The van der Waals surface area contributed by atoms with E-state index < -0.39 is 54.7 Å². The number of hydrogen-bond acceptors (Lipinski definition) is 8. The van der Waals surface area contributed by atoms with E-state index in [4.69, 9.17) is 5.84 Å². The molecule has 0 radical (unpaired) electrons. The maximum absolute atomic E-state index is 13.7. The number of allylic oxidation sites excluding steroid dienone is 1. The van der Waals surface area contributed by atoms with Gasteiger partial charge in [0, 0.05) is 30.3 Å². The predicted molar refractivity (Wildman–Crippen MR) is 188 cm³/mol. The number of carbonyl (C=O) groups excluding carboxylic acids is 6. The molecular weight excluding hydrogens is 626 g/mol. The SMILES string of the molecule is CCCC1=C(N(C)N)c2ccccc2CN(C(=O)/C=C/C(=O)NCC(=O)NCC(=O)N[C@H](C(=O)N[C@@H](C)C(C)=O)C(C)C)c2ccccc21. The second-order valence-electron chi connectivity index (χ2n) is 12.2. The van der Waals surface area contributed by atoms with E-state index in [9.17, 15) is 28.8 Å². The van der Waals surface area contributed by atoms with Crippen molar-refractivity contribution in [2.24, 2.45) is 11.8 Å². The van der Waals surface area contributed by atoms with E-state index in [-0.39, 0.29) is 18.2 Å². The molecule has 0 saturated heterocycles. The molecule has 6 N–H and O–H groups in total. The molecule has 13 nitrogen and oxygen atoms in total. The monoisotopic (exact) mass is 673 g/mol. The third kappa shape index (κ3) is 10.3. The molecule has 13 heteroatoms. The molecule has 0 unspecified atom stereocenters. The van der Waals surface area contributed by atoms with E-state index in [0.717, 1.165) is 53.0 Å². The van der Waals surface area contributed by atoms with Crippen molar-refractivity contribution in [1.29, 1.82) is 0 Å². The number of nitrogens with two attached hydrogens (primary N) is 1. The Hall–Kier alpha value is -5.30. The molecule has 1 aliphatic rings. The molecule has 0 aromatic heterocycles. The summed E-state index contributed by atoms with van der Waals surface area (Å²) >= 11 is 0. The zero-order valence-electron chi connectivity index (χ0n) is 29.0. The molecule has 0 spiro atoms. The number of hydrazine groups is 1. The fourth-order valence-electron chi connectivity index (χ4n) is 5.37. The summed E-state index contributed by atoms with van der Waals surface area (Å²) in [5.74, 6) is 2.97. The first-order valence-corrected chi connectivity index (χ1v) is 16.3. The van der Waals surface area contributed by atoms with Crippen molar-refractivity contribution in [3.63, 3.8) is 0 Å². The van der Waals surface area contributed by atoms with Crippen LogP contribution in [-0.4, -0.2) is 72.5 Å². The summed E-state index contributed by atoms with van der Waals surface area (Å²) in [6, 6.07) is 13.7. The summed E-state index contributed by atoms with van der Waals surface area (Å²) in [5, 5.41) is 11.5. The molecule has 1 heterocycles. The highest BCUT2D eigenvalue weighted by Gasteiger charge is 2.28. The lowest BCUT2D eigenvalue weighted by Crippen LogP contribution is -2.54. The molecule has 5 amide bonds. The Morgan fingerprint density at radius 1 is 0.878 bits per heavy atom. The van der Waals surface area contributed by atoms with Gasteiger partial charge in [0.25, 0.3) is 5.91 Å². The van der Waals surface area contributed by atoms with Gasteiger partial charge in [0.05, 0.1) is 37.1 Å². The lowest BCUT2D eigenvalue weighted by Gasteiger charge is -2.32. The number of nitrogens with one attached hydrogen (secondary N) is 4. The molecule has 0 saturated carbocycles. The summed E-state index contributed by atoms with van der Waals surface area (Å²) in [5.41, 5.74) is 5.22. The van der Waals surface area contributed by atoms with Gasteiger partial charge in [0.1, 0.15) is 6.04 Å². The quantitative estimate of drug-likeness (QED) is 0.115. The third-order valence-electron chi connectivity index (χ3n) is 8.01. The van der Waals surface area contributed by atoms with Gasteiger partial charge >= 0.3 is 0 Å². The molecule has 2 aromatic rings. The maximum atomic E-state index is 13.7. The van der Waals surface area contributed by atoms with Crippen molar-refractivity contribution >= 4 is 52.3 Å². The van der Waals surface area contributed by atoms with E-state index in [2.05, 4.69) is 28.2 Å². The van der Waals surface area contributed by atoms with E-state index in [1.807, 2.05) is 48.5 Å². The standard InChI is InChI=1S/C36H47N7O6/c1-7-12-28-27-15-10-11-16-29(27)43(21-25-13-8-9-14-26(25)35(28)42(6)37)33(48)18-17-30(45)38-19-31(46)39-20-32(47)41-34(22(2)3)36(49)40-23(4)24(5)44/h8-11,13-18,22-23,34H,7,12,19-21,37H2,1-6H3,(H,38,45)(H,39,46)(H,40,49)(H,41,47)/b18-17+,35-28?/t23-,34-/m0/s1. The normalized spacial score (nSPS) is 13.8. The zero-order valence-corrected chi connectivity index (χ0v) is 29.0. The summed E-state index contributed by atoms with van der Waals surface area (Å²) in [6.45, 7) is 7.79. The van der Waals surface area contributed by atoms with Crippen LogP contribution in [-0.2, 0) is 35.3 Å². The van der Waals surface area contributed by atoms with E-state index in [1.54, 1.807) is 37.7 Å². The number of anilines is 1. The largest absolute Gasteiger partial charge is 0.346 e. The van der Waals surface area contributed by atoms with Crippen LogP contribution in [0.15, 0.2) is 60.7 Å². The van der Waals surface area contributed by atoms with Crippen LogP contribution >= 0.6 is 0 Å². The van der Waals surface area contributed by atoms with Gasteiger partial charge in [0.15, 0.2) is 5.78 Å². The number of carbonyl (C=O) groups is 6. The molecule has 1 aliphatic heterocycles. The molecule has 3 rings (SSSR count). The number of fused-ring (bicyclic) bond motifs is 2. The first-order valence-electron chi connectivity index (χ1n) is 16.3. The van der Waals surface area contributed by atoms with Crippen LogP contribution in [0.5, 0.6) is 0 Å². The van der Waals surface area contributed by atoms with Crippen LogP contribution in [0.3, 0.4) is 0 Å². The summed E-state index contributed by atoms with van der Waals surface area (Å²) in [7, 11) is 1.80. The van der Waals surface area contributed by atoms with Crippen molar-refractivity contribution in [2.75, 3.05) is 25.0 Å². The van der Waals surface area contributed by atoms with Gasteiger partial charge in [-0.3, -0.25) is 28.8 Å². The smallest absolute Gasteiger partial charge is 0.251 e. The second-order valence-corrected chi connectivity index (χ2v) is 12.2. The molecule has 2 atom stereocenters. The first kappa shape index (κ1) is 38.2. The number of rotatable bonds is 14. The number of amides is 5. The van der Waals surface area contributed by atoms with Gasteiger partial charge in [-0.15, -0.1) is 0 Å². The molecule has 0 fully saturated rings. The van der Waals surface area contributed by atoms with Gasteiger partial charge in [-0.2, -0.15) is 0 Å². The van der Waals surface area contributed by atoms with Crippen LogP contribution < -0.4 is 32.0 Å². The minimum absolute atomic E-state index is 0.225. The van der Waals surface area contributed by atoms with Crippen LogP contribution in [0.25, 0.3) is 11.3 Å². The lowest BCUT2D eigenvalue weighted by molar-refractivity contribution is -0.132. The van der Waals surface area contributed by atoms with Gasteiger partial charge in [-0.1, -0.05) is 69.7 Å². The Labute approximate surface area is 287 Å². The zero-order chi connectivity index (χ0) is 36.2. The van der Waals surface area contributed by atoms with Crippen LogP contribution in [0.1, 0.15) is 64.2 Å². The minimum atomic E-state index is -0.916. The Bertz CT molecular complexity index is 1630. The minimum Gasteiger partial charge on any atom is -0.346 e. The molecule has 0 bridgehead atoms. The predicted octanol–water partition coefficient (Wildman–Crippen LogP) is 2.03. The average molecular weight is 674 g/mol. The molecule has 49 heavy (non-hydrogen) atoms. The number of nitrogens with zero attached hydrogens (tertiary/aromatic N) is 2. The Morgan fingerprint density at radius 3 is 2.14 bits per heavy atom. The molecule has 0 aliphatic carbocycles. The van der Waals surface area contributed by atoms with Crippen molar-refractivity contribution in [3.8, 4) is 0 Å². The van der Waals surface area contributed by atoms with Gasteiger partial charge < -0.3 is 31.2 Å². The summed E-state index contributed by atoms with van der Waals surface area (Å²) < 4.78 is 0. The molecular formula is C36H47N7O6. The summed E-state index contributed by atoms with van der Waals surface area (Å²) in [4.78, 5) is 76.7. The summed E-state index contributed by atoms with van der Waals surface area (Å²) in [6.07, 6.45) is 3.79. The fraction of sp³-hybridized carbons (Fsp3) is 0.389. The van der Waals surface area contributed by atoms with Crippen molar-refractivity contribution in [3.05, 3.63) is 77.4 Å². The number of Topliss-reactive ketones (excluding diaryl/α,β-unsaturated/α-hetero) is 1. The first-order chi connectivity index (χ1) is 23.2. The number of hydrogen-bond donors (Lipinski definition) is 5. The highest BCUT2D eigenvalue weighted by molar-refractivity contribution is 6.08.